The molecule has 2 rings (SSSR count). The Morgan fingerprint density at radius 3 is 2.12 bits per heavy atom. The van der Waals surface area contributed by atoms with E-state index in [0.29, 0.717) is 30.5 Å². The molecule has 0 spiro atoms. The van der Waals surface area contributed by atoms with E-state index in [1.54, 1.807) is 24.3 Å². The van der Waals surface area contributed by atoms with Crippen molar-refractivity contribution >= 4 is 17.6 Å². The molecule has 0 saturated heterocycles. The van der Waals surface area contributed by atoms with E-state index < -0.39 is 0 Å². The lowest BCUT2D eigenvalue weighted by molar-refractivity contribution is -0.124. The van der Waals surface area contributed by atoms with Crippen molar-refractivity contribution in [2.75, 3.05) is 13.2 Å². The molecule has 0 saturated carbocycles. The molecule has 1 heterocycles. The van der Waals surface area contributed by atoms with Crippen molar-refractivity contribution in [3.05, 3.63) is 35.4 Å². The molecule has 0 fully saturated rings. The van der Waals surface area contributed by atoms with Crippen LogP contribution >= 0.6 is 0 Å². The summed E-state index contributed by atoms with van der Waals surface area (Å²) in [6, 6.07) is 6.94. The van der Waals surface area contributed by atoms with Gasteiger partial charge in [-0.2, -0.15) is 0 Å². The zero-order valence-electron chi connectivity index (χ0n) is 14.9. The number of rotatable bonds is 11. The first-order chi connectivity index (χ1) is 12.1. The molecule has 1 aromatic carbocycles. The van der Waals surface area contributed by atoms with Crippen molar-refractivity contribution < 1.29 is 19.5 Å². The Hall–Kier alpha value is -2.01. The Morgan fingerprint density at radius 1 is 1.00 bits per heavy atom. The number of carbonyl (C=O) groups is 3. The Balaban J connectivity index is 1.62. The second-order valence-corrected chi connectivity index (χ2v) is 6.58. The Kier molecular flexibility index (Phi) is 7.31. The molecule has 0 bridgehead atoms. The first-order valence-corrected chi connectivity index (χ1v) is 9.19. The average Bonchev–Trinajstić information content (AvgIpc) is 2.87. The number of Topliss-reactive ketones (excluding diaryl/α,β-unsaturated/α-hetero) is 1. The van der Waals surface area contributed by atoms with Crippen LogP contribution < -0.4 is 0 Å². The smallest absolute Gasteiger partial charge is 0.261 e. The summed E-state index contributed by atoms with van der Waals surface area (Å²) in [5, 5.41) is 9.10. The van der Waals surface area contributed by atoms with E-state index >= 15 is 0 Å². The largest absolute Gasteiger partial charge is 0.396 e. The van der Waals surface area contributed by atoms with Gasteiger partial charge in [-0.05, 0) is 31.4 Å². The first kappa shape index (κ1) is 19.3. The number of carbonyl (C=O) groups excluding carboxylic acids is 3. The number of aliphatic hydroxyl groups excluding tert-OH is 1. The Bertz CT molecular complexity index is 587. The van der Waals surface area contributed by atoms with Crippen molar-refractivity contribution in [3.63, 3.8) is 0 Å². The third-order valence-corrected chi connectivity index (χ3v) is 4.85. The maximum absolute atomic E-state index is 12.2. The Labute approximate surface area is 149 Å². The van der Waals surface area contributed by atoms with Crippen LogP contribution in [0.25, 0.3) is 0 Å². The van der Waals surface area contributed by atoms with Crippen LogP contribution in [0.1, 0.15) is 72.6 Å². The predicted octanol–water partition coefficient (Wildman–Crippen LogP) is 3.21. The van der Waals surface area contributed by atoms with Crippen LogP contribution in [0.2, 0.25) is 0 Å². The fraction of sp³-hybridized carbons (Fsp3) is 0.550. The fourth-order valence-corrected chi connectivity index (χ4v) is 3.20. The summed E-state index contributed by atoms with van der Waals surface area (Å²) >= 11 is 0. The van der Waals surface area contributed by atoms with Gasteiger partial charge in [-0.25, -0.2) is 0 Å². The molecule has 2 amide bonds. The number of imide groups is 1. The lowest BCUT2D eigenvalue weighted by atomic mass is 9.97. The summed E-state index contributed by atoms with van der Waals surface area (Å²) < 4.78 is 0. The van der Waals surface area contributed by atoms with Crippen LogP contribution in [0.5, 0.6) is 0 Å². The minimum Gasteiger partial charge on any atom is -0.396 e. The Morgan fingerprint density at radius 2 is 1.56 bits per heavy atom. The summed E-state index contributed by atoms with van der Waals surface area (Å²) in [5.74, 6) is -0.452. The van der Waals surface area contributed by atoms with E-state index in [4.69, 9.17) is 5.11 Å². The van der Waals surface area contributed by atoms with Gasteiger partial charge in [0.25, 0.3) is 11.8 Å². The predicted molar refractivity (Wildman–Crippen MR) is 95.4 cm³/mol. The molecule has 0 aromatic heterocycles. The summed E-state index contributed by atoms with van der Waals surface area (Å²) in [5.41, 5.74) is 1.00. The standard InChI is InChI=1S/C20H27NO4/c1-2-15(14-22)18(23)12-6-4-3-5-9-13-21-19(24)16-10-7-8-11-17(16)20(21)25/h7-8,10-11,15,22H,2-6,9,12-14H2,1H3. The van der Waals surface area contributed by atoms with E-state index in [0.717, 1.165) is 32.1 Å². The van der Waals surface area contributed by atoms with E-state index in [2.05, 4.69) is 0 Å². The monoisotopic (exact) mass is 345 g/mol. The molecule has 0 radical (unpaired) electrons. The third-order valence-electron chi connectivity index (χ3n) is 4.85. The number of benzene rings is 1. The van der Waals surface area contributed by atoms with E-state index in [1.165, 1.54) is 4.90 Å². The highest BCUT2D eigenvalue weighted by Gasteiger charge is 2.34. The van der Waals surface area contributed by atoms with E-state index in [9.17, 15) is 14.4 Å². The molecule has 1 N–H and O–H groups in total. The maximum atomic E-state index is 12.2. The van der Waals surface area contributed by atoms with Gasteiger partial charge in [-0.3, -0.25) is 19.3 Å². The normalized spacial score (nSPS) is 14.7. The number of nitrogens with zero attached hydrogens (tertiary/aromatic N) is 1. The van der Waals surface area contributed by atoms with Gasteiger partial charge in [-0.15, -0.1) is 0 Å². The molecule has 0 aliphatic carbocycles. The lowest BCUT2D eigenvalue weighted by Gasteiger charge is -2.13. The van der Waals surface area contributed by atoms with Crippen LogP contribution in [0, 0.1) is 5.92 Å². The zero-order valence-corrected chi connectivity index (χ0v) is 14.9. The molecule has 5 nitrogen and oxygen atoms in total. The van der Waals surface area contributed by atoms with Crippen LogP contribution in [0.15, 0.2) is 24.3 Å². The molecule has 1 aromatic rings. The average molecular weight is 345 g/mol. The van der Waals surface area contributed by atoms with Gasteiger partial charge in [-0.1, -0.05) is 38.3 Å². The first-order valence-electron chi connectivity index (χ1n) is 9.19. The minimum absolute atomic E-state index is 0.0599. The number of amides is 2. The van der Waals surface area contributed by atoms with Crippen LogP contribution in [-0.4, -0.2) is 40.8 Å². The van der Waals surface area contributed by atoms with Crippen LogP contribution in [0.4, 0.5) is 0 Å². The van der Waals surface area contributed by atoms with Gasteiger partial charge < -0.3 is 5.11 Å². The third kappa shape index (κ3) is 4.75. The molecule has 1 aliphatic heterocycles. The second-order valence-electron chi connectivity index (χ2n) is 6.58. The van der Waals surface area contributed by atoms with Crippen LogP contribution in [-0.2, 0) is 4.79 Å². The minimum atomic E-state index is -0.214. The molecular weight excluding hydrogens is 318 g/mol. The van der Waals surface area contributed by atoms with Crippen molar-refractivity contribution in [2.45, 2.75) is 51.9 Å². The number of hydrogen-bond acceptors (Lipinski definition) is 4. The highest BCUT2D eigenvalue weighted by atomic mass is 16.3. The molecule has 25 heavy (non-hydrogen) atoms. The van der Waals surface area contributed by atoms with Crippen molar-refractivity contribution in [3.8, 4) is 0 Å². The second kappa shape index (κ2) is 9.47. The van der Waals surface area contributed by atoms with Crippen molar-refractivity contribution in [1.82, 2.24) is 4.90 Å². The quantitative estimate of drug-likeness (QED) is 0.494. The fourth-order valence-electron chi connectivity index (χ4n) is 3.20. The van der Waals surface area contributed by atoms with Gasteiger partial charge in [0.1, 0.15) is 5.78 Å². The molecule has 5 heteroatoms. The van der Waals surface area contributed by atoms with Gasteiger partial charge >= 0.3 is 0 Å². The molecule has 1 aliphatic rings. The topological polar surface area (TPSA) is 74.7 Å². The van der Waals surface area contributed by atoms with Crippen LogP contribution in [0.3, 0.4) is 0 Å². The van der Waals surface area contributed by atoms with Gasteiger partial charge in [0.05, 0.1) is 17.7 Å². The number of unbranched alkanes of at least 4 members (excludes halogenated alkanes) is 4. The van der Waals surface area contributed by atoms with Crippen molar-refractivity contribution in [2.24, 2.45) is 5.92 Å². The SMILES string of the molecule is CCC(CO)C(=O)CCCCCCCN1C(=O)c2ccccc2C1=O. The van der Waals surface area contributed by atoms with Gasteiger partial charge in [0.2, 0.25) is 0 Å². The van der Waals surface area contributed by atoms with Gasteiger partial charge in [0.15, 0.2) is 0 Å². The molecule has 1 unspecified atom stereocenters. The number of ketones is 1. The number of hydrogen-bond donors (Lipinski definition) is 1. The van der Waals surface area contributed by atoms with E-state index in [-0.39, 0.29) is 30.1 Å². The highest BCUT2D eigenvalue weighted by molar-refractivity contribution is 6.21. The maximum Gasteiger partial charge on any atom is 0.261 e. The van der Waals surface area contributed by atoms with Crippen molar-refractivity contribution in [1.29, 1.82) is 0 Å². The highest BCUT2D eigenvalue weighted by Crippen LogP contribution is 2.23. The number of aliphatic hydroxyl groups is 1. The summed E-state index contributed by atoms with van der Waals surface area (Å²) in [7, 11) is 0. The number of fused-ring (bicyclic) bond motifs is 1. The summed E-state index contributed by atoms with van der Waals surface area (Å²) in [6.07, 6.45) is 5.70. The molecular formula is C20H27NO4. The van der Waals surface area contributed by atoms with E-state index in [1.807, 2.05) is 6.92 Å². The summed E-state index contributed by atoms with van der Waals surface area (Å²) in [6.45, 7) is 2.31. The summed E-state index contributed by atoms with van der Waals surface area (Å²) in [4.78, 5) is 37.6. The molecule has 1 atom stereocenters. The molecule has 136 valence electrons. The zero-order chi connectivity index (χ0) is 18.2. The van der Waals surface area contributed by atoms with Gasteiger partial charge in [0, 0.05) is 18.9 Å². The lowest BCUT2D eigenvalue weighted by Crippen LogP contribution is -2.30.